The van der Waals surface area contributed by atoms with E-state index in [-0.39, 0.29) is 24.2 Å². The van der Waals surface area contributed by atoms with Gasteiger partial charge in [-0.3, -0.25) is 0 Å². The Bertz CT molecular complexity index is 1440. The summed E-state index contributed by atoms with van der Waals surface area (Å²) >= 11 is 0. The molecule has 6 aliphatic rings. The summed E-state index contributed by atoms with van der Waals surface area (Å²) in [4.78, 5) is 29.3. The highest BCUT2D eigenvalue weighted by molar-refractivity contribution is 5.90. The molecule has 0 aromatic heterocycles. The van der Waals surface area contributed by atoms with Crippen LogP contribution in [0, 0.1) is 34.0 Å². The Hall–Kier alpha value is -2.76. The number of likely N-dealkylation sites (tertiary alicyclic amines) is 1. The Morgan fingerprint density at radius 3 is 2.40 bits per heavy atom. The van der Waals surface area contributed by atoms with Crippen LogP contribution in [0.2, 0.25) is 0 Å². The van der Waals surface area contributed by atoms with E-state index in [1.165, 1.54) is 24.3 Å². The highest BCUT2D eigenvalue weighted by Crippen LogP contribution is 2.84. The van der Waals surface area contributed by atoms with Gasteiger partial charge in [0.05, 0.1) is 17.8 Å². The second-order valence-corrected chi connectivity index (χ2v) is 14.4. The van der Waals surface area contributed by atoms with Gasteiger partial charge in [0.25, 0.3) is 0 Å². The summed E-state index contributed by atoms with van der Waals surface area (Å²) < 4.78 is 12.6. The summed E-state index contributed by atoms with van der Waals surface area (Å²) in [5.74, 6) is -3.02. The molecular formula is C33H41NO9. The quantitative estimate of drug-likeness (QED) is 0.197. The average molecular weight is 596 g/mol. The first-order chi connectivity index (χ1) is 20.2. The standard InChI is InChI=1S/C33H41NO9/c1-6-15(2)28(39)42-22-20-16(3)11-31-21(20)25-32(24(31)23(22)43-29(40)17-7-9-18(35)10-8-17)13-19(36)12-30(4,14-34(25)5)33(32,41)27(38)26(31)37/h6-10,19-27,35-38,41H,3,11-14H2,1-2,4-5H3/b15-6+/t19-,20-,21?,22+,23+,24+,25?,26?,27-,30-,31-,32-,33-/m0/s1. The minimum absolute atomic E-state index is 0.0196. The van der Waals surface area contributed by atoms with Gasteiger partial charge in [0.2, 0.25) is 0 Å². The fourth-order valence-corrected chi connectivity index (χ4v) is 11.5. The summed E-state index contributed by atoms with van der Waals surface area (Å²) in [7, 11) is 1.97. The number of rotatable bonds is 4. The molecule has 10 nitrogen and oxygen atoms in total. The molecule has 1 aliphatic heterocycles. The third-order valence-electron chi connectivity index (χ3n) is 12.6. The first-order valence-electron chi connectivity index (χ1n) is 15.2. The number of nitrogens with zero attached hydrogens (tertiary/aromatic N) is 1. The van der Waals surface area contributed by atoms with E-state index in [1.807, 2.05) is 14.0 Å². The Balaban J connectivity index is 1.47. The second kappa shape index (κ2) is 8.91. The molecule has 5 aliphatic carbocycles. The van der Waals surface area contributed by atoms with Gasteiger partial charge < -0.3 is 39.9 Å². The first kappa shape index (κ1) is 29.0. The van der Waals surface area contributed by atoms with Crippen molar-refractivity contribution in [1.29, 1.82) is 0 Å². The number of benzene rings is 1. The second-order valence-electron chi connectivity index (χ2n) is 14.4. The lowest BCUT2D eigenvalue weighted by Crippen LogP contribution is -2.84. The summed E-state index contributed by atoms with van der Waals surface area (Å²) in [5.41, 5.74) is -3.79. The average Bonchev–Trinajstić information content (AvgIpc) is 3.26. The van der Waals surface area contributed by atoms with Crippen molar-refractivity contribution in [2.24, 2.45) is 34.0 Å². The van der Waals surface area contributed by atoms with Crippen molar-refractivity contribution in [2.45, 2.75) is 82.2 Å². The van der Waals surface area contributed by atoms with E-state index in [0.29, 0.717) is 18.5 Å². The zero-order chi connectivity index (χ0) is 31.0. The van der Waals surface area contributed by atoms with Crippen molar-refractivity contribution in [3.05, 3.63) is 53.6 Å². The molecule has 1 aromatic carbocycles. The molecule has 2 spiro atoms. The number of hydrogen-bond acceptors (Lipinski definition) is 10. The van der Waals surface area contributed by atoms with Crippen molar-refractivity contribution in [1.82, 2.24) is 4.90 Å². The Morgan fingerprint density at radius 2 is 1.74 bits per heavy atom. The fourth-order valence-electron chi connectivity index (χ4n) is 11.5. The van der Waals surface area contributed by atoms with E-state index in [9.17, 15) is 35.1 Å². The lowest BCUT2D eigenvalue weighted by Gasteiger charge is -2.73. The van der Waals surface area contributed by atoms with Crippen LogP contribution in [0.15, 0.2) is 48.1 Å². The largest absolute Gasteiger partial charge is 0.508 e. The van der Waals surface area contributed by atoms with Crippen molar-refractivity contribution in [2.75, 3.05) is 13.6 Å². The Kier molecular flexibility index (Phi) is 6.01. The monoisotopic (exact) mass is 595 g/mol. The van der Waals surface area contributed by atoms with Crippen LogP contribution in [0.25, 0.3) is 0 Å². The van der Waals surface area contributed by atoms with E-state index < -0.39 is 88.1 Å². The molecule has 6 fully saturated rings. The lowest BCUT2D eigenvalue weighted by molar-refractivity contribution is -0.361. The van der Waals surface area contributed by atoms with E-state index >= 15 is 0 Å². The molecule has 1 heterocycles. The first-order valence-corrected chi connectivity index (χ1v) is 15.2. The molecule has 0 radical (unpaired) electrons. The number of allylic oxidation sites excluding steroid dienone is 1. The third-order valence-corrected chi connectivity index (χ3v) is 12.6. The van der Waals surface area contributed by atoms with Crippen molar-refractivity contribution < 1.29 is 44.6 Å². The number of piperidine rings is 1. The predicted octanol–water partition coefficient (Wildman–Crippen LogP) is 1.55. The van der Waals surface area contributed by atoms with Crippen LogP contribution in [-0.4, -0.2) is 98.1 Å². The molecule has 1 saturated heterocycles. The van der Waals surface area contributed by atoms with E-state index in [2.05, 4.69) is 11.5 Å². The van der Waals surface area contributed by atoms with Gasteiger partial charge in [-0.15, -0.1) is 0 Å². The van der Waals surface area contributed by atoms with Crippen LogP contribution in [0.4, 0.5) is 0 Å². The zero-order valence-electron chi connectivity index (χ0n) is 24.9. The summed E-state index contributed by atoms with van der Waals surface area (Å²) in [6, 6.07) is 5.19. The van der Waals surface area contributed by atoms with E-state index in [0.717, 1.165) is 5.57 Å². The van der Waals surface area contributed by atoms with Crippen molar-refractivity contribution in [3.63, 3.8) is 0 Å². The lowest BCUT2D eigenvalue weighted by atomic mass is 9.38. The number of phenolic OH excluding ortho intramolecular Hbond substituents is 1. The van der Waals surface area contributed by atoms with Gasteiger partial charge in [0.1, 0.15) is 29.7 Å². The number of esters is 2. The molecule has 13 atom stereocenters. The highest BCUT2D eigenvalue weighted by atomic mass is 16.6. The van der Waals surface area contributed by atoms with Crippen molar-refractivity contribution in [3.8, 4) is 5.75 Å². The summed E-state index contributed by atoms with van der Waals surface area (Å²) in [5, 5.41) is 58.3. The number of carbonyl (C=O) groups excluding carboxylic acids is 2. The molecule has 1 aromatic rings. The smallest absolute Gasteiger partial charge is 0.338 e. The van der Waals surface area contributed by atoms with Gasteiger partial charge in [-0.2, -0.15) is 0 Å². The number of hydrogen-bond donors (Lipinski definition) is 5. The normalized spacial score (nSPS) is 49.5. The minimum Gasteiger partial charge on any atom is -0.508 e. The predicted molar refractivity (Wildman–Crippen MR) is 152 cm³/mol. The van der Waals surface area contributed by atoms with Gasteiger partial charge in [-0.05, 0) is 70.3 Å². The van der Waals surface area contributed by atoms with E-state index in [1.54, 1.807) is 19.9 Å². The molecular weight excluding hydrogens is 554 g/mol. The number of aliphatic hydroxyl groups is 4. The molecule has 10 heteroatoms. The molecule has 232 valence electrons. The SMILES string of the molecule is C=C1C[C@]23C4C5N(C)C[C@]6(C)C[C@H](O)C[C@@]5([C@@H]2[C@H](OC(=O)c2ccc(O)cc2)[C@H](OC(=O)/C(C)=C/C)[C@@H]14)[C@]6(O)[C@@H](O)C3O. The van der Waals surface area contributed by atoms with Gasteiger partial charge in [0, 0.05) is 46.2 Å². The topological polar surface area (TPSA) is 157 Å². The van der Waals surface area contributed by atoms with Crippen LogP contribution < -0.4 is 0 Å². The third kappa shape index (κ3) is 3.16. The summed E-state index contributed by atoms with van der Waals surface area (Å²) in [6.07, 6.45) is -3.51. The van der Waals surface area contributed by atoms with Crippen LogP contribution in [-0.2, 0) is 14.3 Å². The summed E-state index contributed by atoms with van der Waals surface area (Å²) in [6.45, 7) is 9.97. The van der Waals surface area contributed by atoms with E-state index in [4.69, 9.17) is 9.47 Å². The number of carbonyl (C=O) groups is 2. The molecule has 0 amide bonds. The Morgan fingerprint density at radius 1 is 1.07 bits per heavy atom. The molecule has 6 bridgehead atoms. The van der Waals surface area contributed by atoms with Gasteiger partial charge in [-0.25, -0.2) is 9.59 Å². The molecule has 7 rings (SSSR count). The van der Waals surface area contributed by atoms with Gasteiger partial charge in [-0.1, -0.05) is 25.2 Å². The van der Waals surface area contributed by atoms with Gasteiger partial charge in [0.15, 0.2) is 0 Å². The molecule has 3 unspecified atom stereocenters. The van der Waals surface area contributed by atoms with Gasteiger partial charge >= 0.3 is 11.9 Å². The number of ether oxygens (including phenoxy) is 2. The number of aliphatic hydroxyl groups excluding tert-OH is 3. The molecule has 5 N–H and O–H groups in total. The number of phenols is 1. The van der Waals surface area contributed by atoms with Crippen LogP contribution in [0.1, 0.15) is 50.4 Å². The zero-order valence-corrected chi connectivity index (χ0v) is 24.9. The maximum Gasteiger partial charge on any atom is 0.338 e. The highest BCUT2D eigenvalue weighted by Gasteiger charge is 2.93. The molecule has 5 saturated carbocycles. The van der Waals surface area contributed by atoms with Crippen molar-refractivity contribution >= 4 is 11.9 Å². The molecule has 43 heavy (non-hydrogen) atoms. The van der Waals surface area contributed by atoms with Crippen LogP contribution >= 0.6 is 0 Å². The Labute approximate surface area is 250 Å². The number of aromatic hydroxyl groups is 1. The maximum atomic E-state index is 13.8. The van der Waals surface area contributed by atoms with Crippen LogP contribution in [0.3, 0.4) is 0 Å². The fraction of sp³-hybridized carbons (Fsp3) is 0.636. The van der Waals surface area contributed by atoms with Crippen LogP contribution in [0.5, 0.6) is 5.75 Å². The minimum atomic E-state index is -1.83. The maximum absolute atomic E-state index is 13.8.